The highest BCUT2D eigenvalue weighted by Crippen LogP contribution is 2.28. The number of nitrogen functional groups attached to an aromatic ring is 1. The third kappa shape index (κ3) is 2.51. The first-order chi connectivity index (χ1) is 8.47. The van der Waals surface area contributed by atoms with E-state index in [4.69, 9.17) is 5.73 Å². The highest BCUT2D eigenvalue weighted by atomic mass is 32.1. The number of ketones is 1. The molecule has 2 rings (SSSR count). The minimum Gasteiger partial charge on any atom is -0.498 e. The molecule has 0 aliphatic carbocycles. The van der Waals surface area contributed by atoms with E-state index in [2.05, 4.69) is 4.98 Å². The summed E-state index contributed by atoms with van der Waals surface area (Å²) in [6.45, 7) is 3.88. The van der Waals surface area contributed by atoms with Crippen LogP contribution in [-0.2, 0) is 6.42 Å². The zero-order chi connectivity index (χ0) is 13.3. The maximum absolute atomic E-state index is 12.1. The molecule has 0 amide bonds. The minimum absolute atomic E-state index is 0.0191. The predicted molar refractivity (Wildman–Crippen MR) is 72.1 cm³/mol. The molecule has 3 N–H and O–H groups in total. The molecule has 4 nitrogen and oxygen atoms in total. The molecule has 1 heterocycles. The van der Waals surface area contributed by atoms with E-state index < -0.39 is 0 Å². The molecular weight excluding hydrogens is 248 g/mol. The van der Waals surface area contributed by atoms with Crippen LogP contribution in [0.4, 0.5) is 5.13 Å². The average Bonchev–Trinajstić information content (AvgIpc) is 2.57. The maximum atomic E-state index is 12.1. The van der Waals surface area contributed by atoms with Crippen molar-refractivity contribution in [2.75, 3.05) is 5.73 Å². The summed E-state index contributed by atoms with van der Waals surface area (Å²) in [6.07, 6.45) is 0.0729. The first kappa shape index (κ1) is 12.6. The van der Waals surface area contributed by atoms with E-state index in [9.17, 15) is 9.90 Å². The van der Waals surface area contributed by atoms with Crippen molar-refractivity contribution in [2.45, 2.75) is 20.3 Å². The molecule has 18 heavy (non-hydrogen) atoms. The number of Topliss-reactive ketones (excluding diaryl/α,β-unsaturated/α-hetero) is 1. The fraction of sp³-hybridized carbons (Fsp3) is 0.231. The number of benzene rings is 1. The maximum Gasteiger partial charge on any atom is 0.197 e. The number of aromatic nitrogens is 1. The highest BCUT2D eigenvalue weighted by molar-refractivity contribution is 7.17. The lowest BCUT2D eigenvalue weighted by Gasteiger charge is -2.05. The second-order valence-corrected chi connectivity index (χ2v) is 5.23. The third-order valence-corrected chi connectivity index (χ3v) is 3.43. The zero-order valence-corrected chi connectivity index (χ0v) is 11.0. The largest absolute Gasteiger partial charge is 0.498 e. The SMILES string of the molecule is Cc1ccc(C(=O)Cc2nc(N)sc2O)c(C)c1. The van der Waals surface area contributed by atoms with Crippen LogP contribution in [0.3, 0.4) is 0 Å². The van der Waals surface area contributed by atoms with Gasteiger partial charge in [0.05, 0.1) is 6.42 Å². The van der Waals surface area contributed by atoms with Gasteiger partial charge in [0.15, 0.2) is 16.0 Å². The van der Waals surface area contributed by atoms with Crippen LogP contribution < -0.4 is 5.73 Å². The summed E-state index contributed by atoms with van der Waals surface area (Å²) < 4.78 is 0. The van der Waals surface area contributed by atoms with E-state index in [0.717, 1.165) is 22.5 Å². The Balaban J connectivity index is 2.24. The Morgan fingerprint density at radius 1 is 1.44 bits per heavy atom. The van der Waals surface area contributed by atoms with Gasteiger partial charge in [-0.05, 0) is 19.4 Å². The molecule has 0 saturated carbocycles. The number of carbonyl (C=O) groups is 1. The molecule has 0 spiro atoms. The van der Waals surface area contributed by atoms with Crippen molar-refractivity contribution in [3.63, 3.8) is 0 Å². The van der Waals surface area contributed by atoms with Crippen LogP contribution in [0.5, 0.6) is 5.06 Å². The lowest BCUT2D eigenvalue weighted by Crippen LogP contribution is -2.06. The van der Waals surface area contributed by atoms with E-state index in [0.29, 0.717) is 11.3 Å². The first-order valence-corrected chi connectivity index (χ1v) is 6.33. The molecule has 0 unspecified atom stereocenters. The van der Waals surface area contributed by atoms with Crippen LogP contribution in [0.25, 0.3) is 0 Å². The van der Waals surface area contributed by atoms with Crippen LogP contribution in [-0.4, -0.2) is 15.9 Å². The number of nitrogens with two attached hydrogens (primary N) is 1. The average molecular weight is 262 g/mol. The van der Waals surface area contributed by atoms with Gasteiger partial charge in [0.2, 0.25) is 0 Å². The van der Waals surface area contributed by atoms with E-state index in [1.165, 1.54) is 0 Å². The summed E-state index contributed by atoms with van der Waals surface area (Å²) >= 11 is 0.983. The Labute approximate surface area is 109 Å². The topological polar surface area (TPSA) is 76.2 Å². The fourth-order valence-electron chi connectivity index (χ4n) is 1.85. The van der Waals surface area contributed by atoms with Crippen molar-refractivity contribution in [1.82, 2.24) is 4.98 Å². The van der Waals surface area contributed by atoms with Gasteiger partial charge in [-0.25, -0.2) is 4.98 Å². The van der Waals surface area contributed by atoms with Crippen molar-refractivity contribution in [3.8, 4) is 5.06 Å². The molecule has 94 valence electrons. The number of anilines is 1. The van der Waals surface area contributed by atoms with E-state index >= 15 is 0 Å². The van der Waals surface area contributed by atoms with Gasteiger partial charge in [0, 0.05) is 5.56 Å². The highest BCUT2D eigenvalue weighted by Gasteiger charge is 2.15. The molecule has 1 aromatic heterocycles. The Morgan fingerprint density at radius 2 is 2.17 bits per heavy atom. The first-order valence-electron chi connectivity index (χ1n) is 5.52. The quantitative estimate of drug-likeness (QED) is 0.833. The molecule has 0 fully saturated rings. The molecule has 1 aromatic carbocycles. The van der Waals surface area contributed by atoms with Crippen LogP contribution in [0.1, 0.15) is 27.2 Å². The number of aryl methyl sites for hydroxylation is 2. The summed E-state index contributed by atoms with van der Waals surface area (Å²) in [5, 5.41) is 9.86. The number of hydrogen-bond donors (Lipinski definition) is 2. The van der Waals surface area contributed by atoms with Crippen molar-refractivity contribution < 1.29 is 9.90 Å². The smallest absolute Gasteiger partial charge is 0.197 e. The number of carbonyl (C=O) groups excluding carboxylic acids is 1. The predicted octanol–water partition coefficient (Wildman–Crippen LogP) is 2.47. The fourth-order valence-corrected chi connectivity index (χ4v) is 2.44. The van der Waals surface area contributed by atoms with Crippen LogP contribution in [0.15, 0.2) is 18.2 Å². The lowest BCUT2D eigenvalue weighted by molar-refractivity contribution is 0.0990. The number of nitrogens with zero attached hydrogens (tertiary/aromatic N) is 1. The molecule has 0 bridgehead atoms. The minimum atomic E-state index is -0.0619. The van der Waals surface area contributed by atoms with Crippen molar-refractivity contribution in [1.29, 1.82) is 0 Å². The Hall–Kier alpha value is -1.88. The van der Waals surface area contributed by atoms with Gasteiger partial charge in [0.25, 0.3) is 0 Å². The second kappa shape index (κ2) is 4.78. The van der Waals surface area contributed by atoms with Gasteiger partial charge in [0.1, 0.15) is 5.69 Å². The summed E-state index contributed by atoms with van der Waals surface area (Å²) in [5.41, 5.74) is 8.54. The van der Waals surface area contributed by atoms with Crippen LogP contribution in [0.2, 0.25) is 0 Å². The molecule has 0 atom stereocenters. The van der Waals surface area contributed by atoms with Gasteiger partial charge in [-0.3, -0.25) is 4.79 Å². The second-order valence-electron chi connectivity index (χ2n) is 4.22. The van der Waals surface area contributed by atoms with Crippen LogP contribution >= 0.6 is 11.3 Å². The number of aromatic hydroxyl groups is 1. The lowest BCUT2D eigenvalue weighted by atomic mass is 10.00. The Morgan fingerprint density at radius 3 is 2.72 bits per heavy atom. The van der Waals surface area contributed by atoms with Gasteiger partial charge < -0.3 is 10.8 Å². The zero-order valence-electron chi connectivity index (χ0n) is 10.2. The molecular formula is C13H14N2O2S. The van der Waals surface area contributed by atoms with Crippen molar-refractivity contribution in [2.24, 2.45) is 0 Å². The Kier molecular flexibility index (Phi) is 3.34. The number of thiazole rings is 1. The van der Waals surface area contributed by atoms with Gasteiger partial charge >= 0.3 is 0 Å². The van der Waals surface area contributed by atoms with Gasteiger partial charge in [-0.2, -0.15) is 0 Å². The van der Waals surface area contributed by atoms with Gasteiger partial charge in [-0.1, -0.05) is 35.1 Å². The summed E-state index contributed by atoms with van der Waals surface area (Å²) in [4.78, 5) is 16.1. The Bertz CT molecular complexity index is 605. The number of hydrogen-bond acceptors (Lipinski definition) is 5. The molecule has 2 aromatic rings. The van der Waals surface area contributed by atoms with E-state index in [-0.39, 0.29) is 22.4 Å². The van der Waals surface area contributed by atoms with E-state index in [1.807, 2.05) is 26.0 Å². The molecule has 0 aliphatic rings. The monoisotopic (exact) mass is 262 g/mol. The summed E-state index contributed by atoms with van der Waals surface area (Å²) in [6, 6.07) is 5.66. The standard InChI is InChI=1S/C13H14N2O2S/c1-7-3-4-9(8(2)5-7)11(16)6-10-12(17)18-13(14)15-10/h3-5,17H,6H2,1-2H3,(H2,14,15). The third-order valence-electron chi connectivity index (χ3n) is 2.70. The number of rotatable bonds is 3. The van der Waals surface area contributed by atoms with E-state index in [1.54, 1.807) is 6.07 Å². The summed E-state index contributed by atoms with van der Waals surface area (Å²) in [7, 11) is 0. The van der Waals surface area contributed by atoms with Crippen molar-refractivity contribution in [3.05, 3.63) is 40.6 Å². The molecule has 5 heteroatoms. The summed E-state index contributed by atoms with van der Waals surface area (Å²) in [5.74, 6) is -0.0619. The normalized spacial score (nSPS) is 10.6. The molecule has 0 radical (unpaired) electrons. The molecule has 0 saturated heterocycles. The van der Waals surface area contributed by atoms with Crippen LogP contribution in [0, 0.1) is 13.8 Å². The molecule has 0 aliphatic heterocycles. The van der Waals surface area contributed by atoms with Gasteiger partial charge in [-0.15, -0.1) is 0 Å². The van der Waals surface area contributed by atoms with Crippen molar-refractivity contribution >= 4 is 22.3 Å².